The van der Waals surface area contributed by atoms with E-state index in [1.807, 2.05) is 55.5 Å². The molecule has 0 aliphatic carbocycles. The zero-order chi connectivity index (χ0) is 15.2. The highest BCUT2D eigenvalue weighted by Crippen LogP contribution is 2.23. The van der Waals surface area contributed by atoms with Gasteiger partial charge in [-0.05, 0) is 59.0 Å². The fraction of sp³-hybridized carbons (Fsp3) is 0.235. The Bertz CT molecular complexity index is 613. The number of carbonyl (C=O) groups is 1. The van der Waals surface area contributed by atoms with Gasteiger partial charge in [-0.3, -0.25) is 4.79 Å². The fourth-order valence-corrected chi connectivity index (χ4v) is 2.64. The molecular formula is C17H19BrN2O. The Balaban J connectivity index is 1.90. The SMILES string of the molecule is Cc1ccc(NC(=O)[C@@H](N)CCc2ccccc2)c(Br)c1. The lowest BCUT2D eigenvalue weighted by Crippen LogP contribution is -2.36. The van der Waals surface area contributed by atoms with Crippen LogP contribution in [0.4, 0.5) is 5.69 Å². The highest BCUT2D eigenvalue weighted by atomic mass is 79.9. The van der Waals surface area contributed by atoms with Gasteiger partial charge in [0.25, 0.3) is 0 Å². The Morgan fingerprint density at radius 1 is 1.24 bits per heavy atom. The number of carbonyl (C=O) groups excluding carboxylic acids is 1. The summed E-state index contributed by atoms with van der Waals surface area (Å²) in [4.78, 5) is 12.1. The summed E-state index contributed by atoms with van der Waals surface area (Å²) in [6.45, 7) is 2.00. The first-order valence-corrected chi connectivity index (χ1v) is 7.72. The number of amides is 1. The van der Waals surface area contributed by atoms with E-state index in [1.54, 1.807) is 0 Å². The molecule has 0 heterocycles. The summed E-state index contributed by atoms with van der Waals surface area (Å²) in [5.74, 6) is -0.157. The molecule has 0 radical (unpaired) electrons. The fourth-order valence-electron chi connectivity index (χ4n) is 2.04. The first-order chi connectivity index (χ1) is 10.1. The standard InChI is InChI=1S/C17H19BrN2O/c1-12-7-10-16(14(18)11-12)20-17(21)15(19)9-8-13-5-3-2-4-6-13/h2-7,10-11,15H,8-9,19H2,1H3,(H,20,21)/t15-/m0/s1. The van der Waals surface area contributed by atoms with Gasteiger partial charge in [-0.25, -0.2) is 0 Å². The largest absolute Gasteiger partial charge is 0.324 e. The van der Waals surface area contributed by atoms with Gasteiger partial charge >= 0.3 is 0 Å². The maximum atomic E-state index is 12.1. The van der Waals surface area contributed by atoms with Crippen molar-refractivity contribution in [3.63, 3.8) is 0 Å². The predicted octanol–water partition coefficient (Wildman–Crippen LogP) is 3.66. The average Bonchev–Trinajstić information content (AvgIpc) is 2.48. The van der Waals surface area contributed by atoms with Gasteiger partial charge in [0.2, 0.25) is 5.91 Å². The van der Waals surface area contributed by atoms with Crippen LogP contribution in [0, 0.1) is 6.92 Å². The van der Waals surface area contributed by atoms with Crippen LogP contribution in [0.5, 0.6) is 0 Å². The van der Waals surface area contributed by atoms with Gasteiger partial charge in [-0.1, -0.05) is 36.4 Å². The van der Waals surface area contributed by atoms with Crippen LogP contribution < -0.4 is 11.1 Å². The van der Waals surface area contributed by atoms with E-state index in [2.05, 4.69) is 21.2 Å². The van der Waals surface area contributed by atoms with Crippen LogP contribution in [0.3, 0.4) is 0 Å². The van der Waals surface area contributed by atoms with Crippen LogP contribution in [-0.4, -0.2) is 11.9 Å². The van der Waals surface area contributed by atoms with Crippen molar-refractivity contribution in [3.05, 3.63) is 64.1 Å². The Morgan fingerprint density at radius 3 is 2.62 bits per heavy atom. The molecule has 0 spiro atoms. The number of nitrogens with one attached hydrogen (secondary N) is 1. The molecule has 3 nitrogen and oxygen atoms in total. The molecule has 0 unspecified atom stereocenters. The minimum absolute atomic E-state index is 0.157. The predicted molar refractivity (Wildman–Crippen MR) is 90.2 cm³/mol. The smallest absolute Gasteiger partial charge is 0.241 e. The molecule has 0 saturated carbocycles. The van der Waals surface area contributed by atoms with E-state index >= 15 is 0 Å². The molecule has 0 saturated heterocycles. The molecule has 0 aliphatic heterocycles. The summed E-state index contributed by atoms with van der Waals surface area (Å²) >= 11 is 3.44. The van der Waals surface area contributed by atoms with Crippen LogP contribution in [-0.2, 0) is 11.2 Å². The quantitative estimate of drug-likeness (QED) is 0.867. The maximum Gasteiger partial charge on any atom is 0.241 e. The number of aryl methyl sites for hydroxylation is 2. The lowest BCUT2D eigenvalue weighted by molar-refractivity contribution is -0.117. The van der Waals surface area contributed by atoms with Crippen molar-refractivity contribution in [3.8, 4) is 0 Å². The van der Waals surface area contributed by atoms with Crippen LogP contribution in [0.1, 0.15) is 17.5 Å². The number of hydrogen-bond acceptors (Lipinski definition) is 2. The minimum atomic E-state index is -0.515. The monoisotopic (exact) mass is 346 g/mol. The van der Waals surface area contributed by atoms with Gasteiger partial charge in [0, 0.05) is 4.47 Å². The summed E-state index contributed by atoms with van der Waals surface area (Å²) < 4.78 is 0.867. The van der Waals surface area contributed by atoms with E-state index in [0.29, 0.717) is 6.42 Å². The Hall–Kier alpha value is -1.65. The Kier molecular flexibility index (Phi) is 5.53. The van der Waals surface area contributed by atoms with E-state index in [9.17, 15) is 4.79 Å². The van der Waals surface area contributed by atoms with Crippen molar-refractivity contribution in [2.24, 2.45) is 5.73 Å². The second-order valence-electron chi connectivity index (χ2n) is 5.10. The number of halogens is 1. The van der Waals surface area contributed by atoms with Crippen molar-refractivity contribution in [2.45, 2.75) is 25.8 Å². The second kappa shape index (κ2) is 7.38. The molecule has 0 fully saturated rings. The van der Waals surface area contributed by atoms with Crippen LogP contribution in [0.15, 0.2) is 53.0 Å². The van der Waals surface area contributed by atoms with Gasteiger partial charge in [0.15, 0.2) is 0 Å². The maximum absolute atomic E-state index is 12.1. The summed E-state index contributed by atoms with van der Waals surface area (Å²) in [6, 6.07) is 15.3. The van der Waals surface area contributed by atoms with E-state index in [4.69, 9.17) is 5.73 Å². The van der Waals surface area contributed by atoms with Gasteiger partial charge in [-0.15, -0.1) is 0 Å². The van der Waals surface area contributed by atoms with E-state index in [0.717, 1.165) is 22.1 Å². The van der Waals surface area contributed by atoms with Crippen LogP contribution in [0.25, 0.3) is 0 Å². The van der Waals surface area contributed by atoms with E-state index < -0.39 is 6.04 Å². The van der Waals surface area contributed by atoms with E-state index in [1.165, 1.54) is 5.56 Å². The number of anilines is 1. The van der Waals surface area contributed by atoms with Crippen molar-refractivity contribution < 1.29 is 4.79 Å². The number of rotatable bonds is 5. The average molecular weight is 347 g/mol. The van der Waals surface area contributed by atoms with Crippen molar-refractivity contribution in [1.29, 1.82) is 0 Å². The van der Waals surface area contributed by atoms with Gasteiger partial charge in [-0.2, -0.15) is 0 Å². The molecule has 2 aromatic carbocycles. The highest BCUT2D eigenvalue weighted by Gasteiger charge is 2.14. The summed E-state index contributed by atoms with van der Waals surface area (Å²) in [7, 11) is 0. The highest BCUT2D eigenvalue weighted by molar-refractivity contribution is 9.10. The Labute approximate surface area is 133 Å². The molecule has 21 heavy (non-hydrogen) atoms. The van der Waals surface area contributed by atoms with Crippen LogP contribution >= 0.6 is 15.9 Å². The molecule has 2 aromatic rings. The summed E-state index contributed by atoms with van der Waals surface area (Å²) in [5, 5.41) is 2.86. The zero-order valence-electron chi connectivity index (χ0n) is 12.0. The van der Waals surface area contributed by atoms with Gasteiger partial charge < -0.3 is 11.1 Å². The molecule has 0 aromatic heterocycles. The summed E-state index contributed by atoms with van der Waals surface area (Å²) in [6.07, 6.45) is 1.42. The van der Waals surface area contributed by atoms with E-state index in [-0.39, 0.29) is 5.91 Å². The first-order valence-electron chi connectivity index (χ1n) is 6.93. The topological polar surface area (TPSA) is 55.1 Å². The number of hydrogen-bond donors (Lipinski definition) is 2. The van der Waals surface area contributed by atoms with Crippen molar-refractivity contribution in [2.75, 3.05) is 5.32 Å². The molecule has 1 atom stereocenters. The molecule has 110 valence electrons. The lowest BCUT2D eigenvalue weighted by Gasteiger charge is -2.13. The molecule has 3 N–H and O–H groups in total. The summed E-state index contributed by atoms with van der Waals surface area (Å²) in [5.41, 5.74) is 9.04. The lowest BCUT2D eigenvalue weighted by atomic mass is 10.1. The van der Waals surface area contributed by atoms with Gasteiger partial charge in [0.05, 0.1) is 11.7 Å². The van der Waals surface area contributed by atoms with Crippen LogP contribution in [0.2, 0.25) is 0 Å². The number of benzene rings is 2. The normalized spacial score (nSPS) is 12.0. The third-order valence-corrected chi connectivity index (χ3v) is 3.96. The third-order valence-electron chi connectivity index (χ3n) is 3.31. The zero-order valence-corrected chi connectivity index (χ0v) is 13.6. The Morgan fingerprint density at radius 2 is 1.95 bits per heavy atom. The molecular weight excluding hydrogens is 328 g/mol. The third kappa shape index (κ3) is 4.69. The van der Waals surface area contributed by atoms with Gasteiger partial charge in [0.1, 0.15) is 0 Å². The molecule has 2 rings (SSSR count). The minimum Gasteiger partial charge on any atom is -0.324 e. The van der Waals surface area contributed by atoms with Crippen molar-refractivity contribution in [1.82, 2.24) is 0 Å². The molecule has 1 amide bonds. The molecule has 0 aliphatic rings. The van der Waals surface area contributed by atoms with Crippen molar-refractivity contribution >= 4 is 27.5 Å². The second-order valence-corrected chi connectivity index (χ2v) is 5.96. The molecule has 0 bridgehead atoms. The first kappa shape index (κ1) is 15.7. The number of nitrogens with two attached hydrogens (primary N) is 1. The molecule has 4 heteroatoms.